The molecule has 29 heavy (non-hydrogen) atoms. The molecule has 6 heteroatoms. The normalized spacial score (nSPS) is 16.7. The Balaban J connectivity index is 1.81. The first-order chi connectivity index (χ1) is 14.0. The Morgan fingerprint density at radius 3 is 2.41 bits per heavy atom. The Bertz CT molecular complexity index is 1060. The van der Waals surface area contributed by atoms with E-state index < -0.39 is 5.79 Å². The number of hydrogen-bond donors (Lipinski definition) is 0. The fraction of sp³-hybridized carbons (Fsp3) is 0.304. The van der Waals surface area contributed by atoms with Crippen LogP contribution in [0.2, 0.25) is 0 Å². The fourth-order valence-electron chi connectivity index (χ4n) is 3.88. The summed E-state index contributed by atoms with van der Waals surface area (Å²) in [6, 6.07) is 19.9. The van der Waals surface area contributed by atoms with Crippen molar-refractivity contribution in [2.24, 2.45) is 7.05 Å². The minimum Gasteiger partial charge on any atom is -0.342 e. The molecule has 1 atom stereocenters. The van der Waals surface area contributed by atoms with Crippen LogP contribution in [-0.4, -0.2) is 23.0 Å². The lowest BCUT2D eigenvalue weighted by molar-refractivity contribution is -0.176. The Morgan fingerprint density at radius 2 is 1.76 bits per heavy atom. The van der Waals surface area contributed by atoms with Crippen LogP contribution in [0.1, 0.15) is 34.7 Å². The predicted octanol–water partition coefficient (Wildman–Crippen LogP) is 4.27. The highest BCUT2D eigenvalue weighted by molar-refractivity contribution is 9.10. The summed E-state index contributed by atoms with van der Waals surface area (Å²) in [6.07, 6.45) is 0.560. The molecule has 0 aliphatic carbocycles. The summed E-state index contributed by atoms with van der Waals surface area (Å²) in [5.41, 5.74) is 4.06. The third-order valence-electron chi connectivity index (χ3n) is 5.41. The van der Waals surface area contributed by atoms with Gasteiger partial charge in [0, 0.05) is 29.9 Å². The highest BCUT2D eigenvalue weighted by atomic mass is 79.9. The van der Waals surface area contributed by atoms with E-state index in [0.29, 0.717) is 25.3 Å². The lowest BCUT2D eigenvalue weighted by atomic mass is 9.82. The van der Waals surface area contributed by atoms with Crippen LogP contribution in [0.15, 0.2) is 69.9 Å². The smallest absolute Gasteiger partial charge is 0.266 e. The van der Waals surface area contributed by atoms with Gasteiger partial charge in [0.15, 0.2) is 0 Å². The van der Waals surface area contributed by atoms with Gasteiger partial charge < -0.3 is 9.47 Å². The van der Waals surface area contributed by atoms with Crippen molar-refractivity contribution in [1.29, 1.82) is 0 Å². The summed E-state index contributed by atoms with van der Waals surface area (Å²) < 4.78 is 14.7. The van der Waals surface area contributed by atoms with E-state index in [1.165, 1.54) is 27.4 Å². The SMILES string of the molecule is Cc1ccccc1[C@H](CC1(c2ccc(=O)n(C)n2)OCCO1)c1ccc(Br)cc1. The van der Waals surface area contributed by atoms with E-state index in [1.807, 2.05) is 18.2 Å². The second-order valence-corrected chi connectivity index (χ2v) is 8.21. The molecule has 1 saturated heterocycles. The average molecular weight is 455 g/mol. The Morgan fingerprint density at radius 1 is 1.07 bits per heavy atom. The molecule has 1 aliphatic rings. The van der Waals surface area contributed by atoms with Crippen molar-refractivity contribution in [2.75, 3.05) is 13.2 Å². The summed E-state index contributed by atoms with van der Waals surface area (Å²) in [5.74, 6) is -0.952. The largest absolute Gasteiger partial charge is 0.342 e. The molecule has 1 aliphatic heterocycles. The number of rotatable bonds is 5. The highest BCUT2D eigenvalue weighted by Crippen LogP contribution is 2.43. The van der Waals surface area contributed by atoms with E-state index in [9.17, 15) is 4.79 Å². The molecule has 0 saturated carbocycles. The van der Waals surface area contributed by atoms with Crippen molar-refractivity contribution < 1.29 is 9.47 Å². The molecule has 0 N–H and O–H groups in total. The monoisotopic (exact) mass is 454 g/mol. The number of ether oxygens (including phenoxy) is 2. The molecule has 0 spiro atoms. The molecule has 4 rings (SSSR count). The number of halogens is 1. The molecule has 0 unspecified atom stereocenters. The van der Waals surface area contributed by atoms with Gasteiger partial charge in [-0.2, -0.15) is 5.10 Å². The maximum atomic E-state index is 11.8. The maximum absolute atomic E-state index is 11.8. The molecular weight excluding hydrogens is 432 g/mol. The van der Waals surface area contributed by atoms with Gasteiger partial charge in [-0.1, -0.05) is 52.3 Å². The van der Waals surface area contributed by atoms with Gasteiger partial charge in [0.2, 0.25) is 5.79 Å². The van der Waals surface area contributed by atoms with Crippen LogP contribution in [-0.2, 0) is 22.3 Å². The van der Waals surface area contributed by atoms with Gasteiger partial charge in [-0.05, 0) is 41.8 Å². The van der Waals surface area contributed by atoms with E-state index in [2.05, 4.69) is 58.3 Å². The number of benzene rings is 2. The Hall–Kier alpha value is -2.28. The van der Waals surface area contributed by atoms with Gasteiger partial charge in [-0.3, -0.25) is 4.79 Å². The third-order valence-corrected chi connectivity index (χ3v) is 5.94. The second-order valence-electron chi connectivity index (χ2n) is 7.30. The summed E-state index contributed by atoms with van der Waals surface area (Å²) >= 11 is 3.52. The van der Waals surface area contributed by atoms with E-state index in [0.717, 1.165) is 4.47 Å². The van der Waals surface area contributed by atoms with Crippen LogP contribution in [0.5, 0.6) is 0 Å². The predicted molar refractivity (Wildman–Crippen MR) is 115 cm³/mol. The van der Waals surface area contributed by atoms with Crippen LogP contribution < -0.4 is 5.56 Å². The van der Waals surface area contributed by atoms with Crippen LogP contribution in [0, 0.1) is 6.92 Å². The molecular formula is C23H23BrN2O3. The summed E-state index contributed by atoms with van der Waals surface area (Å²) in [4.78, 5) is 11.8. The van der Waals surface area contributed by atoms with Gasteiger partial charge in [0.1, 0.15) is 5.69 Å². The quantitative estimate of drug-likeness (QED) is 0.577. The molecule has 2 heterocycles. The topological polar surface area (TPSA) is 53.4 Å². The zero-order valence-corrected chi connectivity index (χ0v) is 18.1. The van der Waals surface area contributed by atoms with Crippen LogP contribution in [0.4, 0.5) is 0 Å². The first kappa shape index (κ1) is 20.0. The van der Waals surface area contributed by atoms with Gasteiger partial charge in [-0.25, -0.2) is 4.68 Å². The van der Waals surface area contributed by atoms with Gasteiger partial charge >= 0.3 is 0 Å². The number of aryl methyl sites for hydroxylation is 2. The molecule has 1 fully saturated rings. The molecule has 1 aromatic heterocycles. The molecule has 5 nitrogen and oxygen atoms in total. The molecule has 0 radical (unpaired) electrons. The van der Waals surface area contributed by atoms with Crippen molar-refractivity contribution in [3.8, 4) is 0 Å². The van der Waals surface area contributed by atoms with Gasteiger partial charge in [-0.15, -0.1) is 0 Å². The summed E-state index contributed by atoms with van der Waals surface area (Å²) in [7, 11) is 1.64. The molecule has 0 amide bonds. The molecule has 0 bridgehead atoms. The molecule has 2 aromatic carbocycles. The third kappa shape index (κ3) is 4.06. The van der Waals surface area contributed by atoms with Crippen LogP contribution in [0.3, 0.4) is 0 Å². The number of aromatic nitrogens is 2. The standard InChI is InChI=1S/C23H23BrN2O3/c1-16-5-3-4-6-19(16)20(17-7-9-18(24)10-8-17)15-23(28-13-14-29-23)21-11-12-22(27)26(2)25-21/h3-12,20H,13-15H2,1-2H3/t20-/m1/s1. The highest BCUT2D eigenvalue weighted by Gasteiger charge is 2.43. The minimum atomic E-state index is -0.995. The Kier molecular flexibility index (Phi) is 5.67. The first-order valence-corrected chi connectivity index (χ1v) is 10.4. The number of nitrogens with zero attached hydrogens (tertiary/aromatic N) is 2. The maximum Gasteiger partial charge on any atom is 0.266 e. The average Bonchev–Trinajstić information content (AvgIpc) is 3.19. The van der Waals surface area contributed by atoms with E-state index in [1.54, 1.807) is 13.1 Å². The second kappa shape index (κ2) is 8.22. The lowest BCUT2D eigenvalue weighted by Crippen LogP contribution is -2.34. The zero-order chi connectivity index (χ0) is 20.4. The Labute approximate surface area is 178 Å². The first-order valence-electron chi connectivity index (χ1n) is 9.62. The summed E-state index contributed by atoms with van der Waals surface area (Å²) in [6.45, 7) is 3.10. The van der Waals surface area contributed by atoms with Crippen molar-refractivity contribution in [3.63, 3.8) is 0 Å². The summed E-state index contributed by atoms with van der Waals surface area (Å²) in [5, 5.41) is 4.45. The molecule has 3 aromatic rings. The fourth-order valence-corrected chi connectivity index (χ4v) is 4.14. The van der Waals surface area contributed by atoms with E-state index >= 15 is 0 Å². The zero-order valence-electron chi connectivity index (χ0n) is 16.5. The van der Waals surface area contributed by atoms with E-state index in [-0.39, 0.29) is 11.5 Å². The van der Waals surface area contributed by atoms with Crippen LogP contribution in [0.25, 0.3) is 0 Å². The van der Waals surface area contributed by atoms with Gasteiger partial charge in [0.05, 0.1) is 13.2 Å². The van der Waals surface area contributed by atoms with Crippen LogP contribution >= 0.6 is 15.9 Å². The van der Waals surface area contributed by atoms with Crippen molar-refractivity contribution >= 4 is 15.9 Å². The van der Waals surface area contributed by atoms with E-state index in [4.69, 9.17) is 9.47 Å². The lowest BCUT2D eigenvalue weighted by Gasteiger charge is -2.32. The number of hydrogen-bond acceptors (Lipinski definition) is 4. The van der Waals surface area contributed by atoms with Crippen molar-refractivity contribution in [1.82, 2.24) is 9.78 Å². The minimum absolute atomic E-state index is 0.0430. The molecule has 150 valence electrons. The van der Waals surface area contributed by atoms with Crippen molar-refractivity contribution in [2.45, 2.75) is 25.0 Å². The van der Waals surface area contributed by atoms with Gasteiger partial charge in [0.25, 0.3) is 5.56 Å². The van der Waals surface area contributed by atoms with Crippen molar-refractivity contribution in [3.05, 3.63) is 97.9 Å².